The molecule has 1 aromatic carbocycles. The first-order valence-electron chi connectivity index (χ1n) is 7.27. The Morgan fingerprint density at radius 2 is 1.92 bits per heavy atom. The number of nitrogens with one attached hydrogen (secondary N) is 1. The Bertz CT molecular complexity index is 984. The summed E-state index contributed by atoms with van der Waals surface area (Å²) in [5.41, 5.74) is 4.28. The second-order valence-electron chi connectivity index (χ2n) is 5.62. The first-order valence-corrected chi connectivity index (χ1v) is 9.63. The summed E-state index contributed by atoms with van der Waals surface area (Å²) in [5.74, 6) is 0.256. The van der Waals surface area contributed by atoms with Crippen molar-refractivity contribution in [3.8, 4) is 11.3 Å². The number of aryl methyl sites for hydroxylation is 4. The molecular formula is C16H17N3O3S2. The quantitative estimate of drug-likeness (QED) is 0.761. The molecule has 0 aliphatic rings. The largest absolute Gasteiger partial charge is 0.360 e. The maximum Gasteiger partial charge on any atom is 0.269 e. The fraction of sp³-hybridized carbons (Fsp3) is 0.250. The van der Waals surface area contributed by atoms with Crippen LogP contribution in [-0.4, -0.2) is 18.6 Å². The summed E-state index contributed by atoms with van der Waals surface area (Å²) in [6, 6.07) is 6.10. The molecule has 0 aliphatic heterocycles. The first kappa shape index (κ1) is 16.7. The van der Waals surface area contributed by atoms with Crippen molar-refractivity contribution < 1.29 is 12.9 Å². The van der Waals surface area contributed by atoms with Crippen LogP contribution < -0.4 is 4.72 Å². The lowest BCUT2D eigenvalue weighted by atomic mass is 10.0. The molecule has 0 atom stereocenters. The van der Waals surface area contributed by atoms with E-state index in [1.54, 1.807) is 13.8 Å². The van der Waals surface area contributed by atoms with Crippen LogP contribution in [0.5, 0.6) is 0 Å². The van der Waals surface area contributed by atoms with Crippen LogP contribution in [0, 0.1) is 27.7 Å². The van der Waals surface area contributed by atoms with Crippen molar-refractivity contribution in [1.82, 2.24) is 10.1 Å². The normalized spacial score (nSPS) is 11.7. The number of hydrogen-bond donors (Lipinski definition) is 1. The second-order valence-corrected chi connectivity index (χ2v) is 8.09. The first-order chi connectivity index (χ1) is 11.3. The number of aromatic nitrogens is 2. The lowest BCUT2D eigenvalue weighted by Gasteiger charge is -2.05. The fourth-order valence-electron chi connectivity index (χ4n) is 2.48. The van der Waals surface area contributed by atoms with Crippen molar-refractivity contribution in [2.45, 2.75) is 32.6 Å². The highest BCUT2D eigenvalue weighted by Gasteiger charge is 2.25. The van der Waals surface area contributed by atoms with Crippen LogP contribution >= 0.6 is 11.3 Å². The van der Waals surface area contributed by atoms with Crippen LogP contribution in [0.2, 0.25) is 0 Å². The van der Waals surface area contributed by atoms with Crippen LogP contribution in [0.15, 0.2) is 33.0 Å². The Hall–Kier alpha value is -2.19. The Kier molecular flexibility index (Phi) is 4.18. The van der Waals surface area contributed by atoms with Gasteiger partial charge in [0.15, 0.2) is 15.8 Å². The van der Waals surface area contributed by atoms with Gasteiger partial charge < -0.3 is 4.52 Å². The molecule has 0 aliphatic carbocycles. The van der Waals surface area contributed by atoms with E-state index in [-0.39, 0.29) is 10.7 Å². The highest BCUT2D eigenvalue weighted by atomic mass is 32.2. The van der Waals surface area contributed by atoms with Crippen LogP contribution in [0.25, 0.3) is 11.3 Å². The lowest BCUT2D eigenvalue weighted by molar-refractivity contribution is 0.390. The van der Waals surface area contributed by atoms with E-state index < -0.39 is 10.0 Å². The molecule has 0 saturated carbocycles. The monoisotopic (exact) mass is 363 g/mol. The summed E-state index contributed by atoms with van der Waals surface area (Å²) >= 11 is 1.24. The zero-order valence-corrected chi connectivity index (χ0v) is 15.4. The number of rotatable bonds is 4. The van der Waals surface area contributed by atoms with Gasteiger partial charge in [0.05, 0.1) is 5.69 Å². The molecule has 24 heavy (non-hydrogen) atoms. The van der Waals surface area contributed by atoms with Gasteiger partial charge in [-0.25, -0.2) is 13.4 Å². The van der Waals surface area contributed by atoms with Crippen LogP contribution in [0.4, 0.5) is 5.13 Å². The molecule has 0 bridgehead atoms. The topological polar surface area (TPSA) is 85.1 Å². The molecule has 6 nitrogen and oxygen atoms in total. The van der Waals surface area contributed by atoms with Crippen molar-refractivity contribution in [3.63, 3.8) is 0 Å². The number of anilines is 1. The van der Waals surface area contributed by atoms with Crippen molar-refractivity contribution in [2.75, 3.05) is 4.72 Å². The van der Waals surface area contributed by atoms with Gasteiger partial charge in [-0.15, -0.1) is 11.3 Å². The smallest absolute Gasteiger partial charge is 0.269 e. The van der Waals surface area contributed by atoms with Gasteiger partial charge in [0.1, 0.15) is 5.69 Å². The third-order valence-electron chi connectivity index (χ3n) is 3.63. The van der Waals surface area contributed by atoms with Gasteiger partial charge in [-0.05, 0) is 39.3 Å². The summed E-state index contributed by atoms with van der Waals surface area (Å²) < 4.78 is 32.5. The molecule has 0 unspecified atom stereocenters. The van der Waals surface area contributed by atoms with E-state index in [1.807, 2.05) is 37.4 Å². The van der Waals surface area contributed by atoms with Gasteiger partial charge in [-0.2, -0.15) is 0 Å². The minimum Gasteiger partial charge on any atom is -0.360 e. The molecule has 126 valence electrons. The molecule has 2 aromatic heterocycles. The van der Waals surface area contributed by atoms with E-state index >= 15 is 0 Å². The van der Waals surface area contributed by atoms with E-state index in [1.165, 1.54) is 11.3 Å². The fourth-order valence-corrected chi connectivity index (χ4v) is 4.78. The highest BCUT2D eigenvalue weighted by Crippen LogP contribution is 2.30. The molecule has 0 radical (unpaired) electrons. The van der Waals surface area contributed by atoms with Crippen molar-refractivity contribution in [1.29, 1.82) is 0 Å². The number of benzene rings is 1. The Morgan fingerprint density at radius 3 is 2.58 bits per heavy atom. The molecule has 0 saturated heterocycles. The minimum atomic E-state index is -3.78. The molecule has 8 heteroatoms. The van der Waals surface area contributed by atoms with Crippen molar-refractivity contribution in [2.24, 2.45) is 0 Å². The zero-order valence-electron chi connectivity index (χ0n) is 13.7. The number of thiazole rings is 1. The molecule has 1 N–H and O–H groups in total. The van der Waals surface area contributed by atoms with Gasteiger partial charge in [0.2, 0.25) is 0 Å². The average molecular weight is 363 g/mol. The number of sulfonamides is 1. The van der Waals surface area contributed by atoms with Gasteiger partial charge in [0, 0.05) is 10.9 Å². The molecule has 3 rings (SSSR count). The molecule has 2 heterocycles. The zero-order chi connectivity index (χ0) is 17.5. The third kappa shape index (κ3) is 3.07. The molecular weight excluding hydrogens is 346 g/mol. The Balaban J connectivity index is 1.93. The highest BCUT2D eigenvalue weighted by molar-refractivity contribution is 7.93. The summed E-state index contributed by atoms with van der Waals surface area (Å²) in [7, 11) is -3.78. The van der Waals surface area contributed by atoms with Gasteiger partial charge >= 0.3 is 0 Å². The summed E-state index contributed by atoms with van der Waals surface area (Å²) in [6.45, 7) is 7.17. The van der Waals surface area contributed by atoms with Crippen LogP contribution in [0.1, 0.15) is 22.6 Å². The maximum absolute atomic E-state index is 12.5. The molecule has 0 spiro atoms. The second kappa shape index (κ2) is 6.03. The summed E-state index contributed by atoms with van der Waals surface area (Å²) in [4.78, 5) is 4.48. The van der Waals surface area contributed by atoms with E-state index in [9.17, 15) is 8.42 Å². The van der Waals surface area contributed by atoms with Gasteiger partial charge in [0.25, 0.3) is 10.0 Å². The van der Waals surface area contributed by atoms with Crippen molar-refractivity contribution >= 4 is 26.5 Å². The number of hydrogen-bond acceptors (Lipinski definition) is 6. The van der Waals surface area contributed by atoms with Gasteiger partial charge in [-0.1, -0.05) is 22.9 Å². The molecule has 3 aromatic rings. The van der Waals surface area contributed by atoms with Crippen LogP contribution in [0.3, 0.4) is 0 Å². The van der Waals surface area contributed by atoms with E-state index in [4.69, 9.17) is 4.52 Å². The summed E-state index contributed by atoms with van der Waals surface area (Å²) in [5, 5.41) is 5.84. The minimum absolute atomic E-state index is 0.0611. The van der Waals surface area contributed by atoms with E-state index in [0.29, 0.717) is 10.8 Å². The molecule has 0 amide bonds. The van der Waals surface area contributed by atoms with Crippen LogP contribution in [-0.2, 0) is 10.0 Å². The Labute approximate surface area is 144 Å². The number of nitrogens with zero attached hydrogens (tertiary/aromatic N) is 2. The van der Waals surface area contributed by atoms with Crippen molar-refractivity contribution in [3.05, 3.63) is 46.2 Å². The van der Waals surface area contributed by atoms with E-state index in [2.05, 4.69) is 14.9 Å². The maximum atomic E-state index is 12.5. The Morgan fingerprint density at radius 1 is 1.17 bits per heavy atom. The summed E-state index contributed by atoms with van der Waals surface area (Å²) in [6.07, 6.45) is 0. The molecule has 0 fully saturated rings. The third-order valence-corrected chi connectivity index (χ3v) is 6.10. The lowest BCUT2D eigenvalue weighted by Crippen LogP contribution is -2.14. The predicted octanol–water partition coefficient (Wildman–Crippen LogP) is 3.83. The van der Waals surface area contributed by atoms with Gasteiger partial charge in [-0.3, -0.25) is 4.72 Å². The van der Waals surface area contributed by atoms with E-state index in [0.717, 1.165) is 22.4 Å². The SMILES string of the molecule is Cc1ccc(C)c(-c2csc(NS(=O)(=O)c3c(C)noc3C)n2)c1. The predicted molar refractivity (Wildman–Crippen MR) is 93.8 cm³/mol. The average Bonchev–Trinajstić information content (AvgIpc) is 3.08. The standard InChI is InChI=1S/C16H17N3O3S2/c1-9-5-6-10(2)13(7-9)14-8-23-16(17-14)19-24(20,21)15-11(3)18-22-12(15)4/h5-8H,1-4H3,(H,17,19).